The third-order valence-corrected chi connectivity index (χ3v) is 5.93. The number of aromatic hydroxyl groups is 1. The molecule has 13 heteroatoms. The zero-order chi connectivity index (χ0) is 28.3. The molecule has 0 aliphatic heterocycles. The molecule has 0 aliphatic rings. The van der Waals surface area contributed by atoms with Gasteiger partial charge in [0.1, 0.15) is 23.9 Å². The lowest BCUT2D eigenvalue weighted by Crippen LogP contribution is -2.60. The van der Waals surface area contributed by atoms with Crippen LogP contribution in [0.2, 0.25) is 0 Å². The van der Waals surface area contributed by atoms with E-state index in [1.54, 1.807) is 19.1 Å². The molecule has 1 aromatic carbocycles. The molecule has 0 spiro atoms. The first-order valence-electron chi connectivity index (χ1n) is 11.9. The first kappa shape index (κ1) is 31.3. The number of phenols is 1. The third kappa shape index (κ3) is 10.4. The fourth-order valence-corrected chi connectivity index (χ4v) is 3.32. The zero-order valence-electron chi connectivity index (χ0n) is 21.1. The summed E-state index contributed by atoms with van der Waals surface area (Å²) in [5.41, 5.74) is 11.6. The number of nitrogens with one attached hydrogen (secondary N) is 3. The maximum atomic E-state index is 13.2. The molecular weight excluding hydrogens is 486 g/mol. The molecule has 0 fully saturated rings. The molecule has 0 aliphatic carbocycles. The van der Waals surface area contributed by atoms with Gasteiger partial charge >= 0.3 is 5.97 Å². The van der Waals surface area contributed by atoms with Gasteiger partial charge in [0.25, 0.3) is 0 Å². The quantitative estimate of drug-likeness (QED) is 0.133. The van der Waals surface area contributed by atoms with Gasteiger partial charge in [-0.25, -0.2) is 4.79 Å². The second kappa shape index (κ2) is 14.8. The van der Waals surface area contributed by atoms with Crippen LogP contribution in [-0.4, -0.2) is 75.2 Å². The van der Waals surface area contributed by atoms with Crippen LogP contribution >= 0.6 is 0 Å². The van der Waals surface area contributed by atoms with Crippen molar-refractivity contribution in [2.24, 2.45) is 17.4 Å². The van der Waals surface area contributed by atoms with Crippen LogP contribution in [0.1, 0.15) is 45.6 Å². The highest BCUT2D eigenvalue weighted by Gasteiger charge is 2.33. The summed E-state index contributed by atoms with van der Waals surface area (Å²) >= 11 is 0. The second-order valence-electron chi connectivity index (χ2n) is 8.97. The lowest BCUT2D eigenvalue weighted by molar-refractivity contribution is -0.143. The smallest absolute Gasteiger partial charge is 0.326 e. The fraction of sp³-hybridized carbons (Fsp3) is 0.542. The van der Waals surface area contributed by atoms with E-state index in [1.165, 1.54) is 19.1 Å². The van der Waals surface area contributed by atoms with Gasteiger partial charge in [0.2, 0.25) is 23.6 Å². The highest BCUT2D eigenvalue weighted by Crippen LogP contribution is 2.13. The van der Waals surface area contributed by atoms with Crippen LogP contribution in [-0.2, 0) is 30.4 Å². The van der Waals surface area contributed by atoms with Crippen molar-refractivity contribution in [3.05, 3.63) is 29.8 Å². The van der Waals surface area contributed by atoms with E-state index in [0.29, 0.717) is 12.0 Å². The summed E-state index contributed by atoms with van der Waals surface area (Å²) in [7, 11) is 0. The van der Waals surface area contributed by atoms with Gasteiger partial charge in [-0.1, -0.05) is 32.4 Å². The molecule has 6 unspecified atom stereocenters. The number of aliphatic hydroxyl groups is 1. The van der Waals surface area contributed by atoms with Gasteiger partial charge in [-0.2, -0.15) is 0 Å². The van der Waals surface area contributed by atoms with Crippen molar-refractivity contribution in [1.82, 2.24) is 16.0 Å². The first-order valence-corrected chi connectivity index (χ1v) is 11.9. The number of phenolic OH excluding ortho intramolecular Hbond substituents is 1. The van der Waals surface area contributed by atoms with Crippen LogP contribution in [0.5, 0.6) is 5.75 Å². The van der Waals surface area contributed by atoms with Crippen LogP contribution in [0.25, 0.3) is 0 Å². The minimum absolute atomic E-state index is 0.00254. The summed E-state index contributed by atoms with van der Waals surface area (Å²) in [6, 6.07) is 0.715. The minimum Gasteiger partial charge on any atom is -0.508 e. The maximum Gasteiger partial charge on any atom is 0.326 e. The Hall–Kier alpha value is -3.71. The largest absolute Gasteiger partial charge is 0.508 e. The summed E-state index contributed by atoms with van der Waals surface area (Å²) in [4.78, 5) is 61.1. The lowest BCUT2D eigenvalue weighted by atomic mass is 9.98. The number of hydrogen-bond donors (Lipinski definition) is 8. The van der Waals surface area contributed by atoms with Crippen molar-refractivity contribution in [2.45, 2.75) is 76.7 Å². The van der Waals surface area contributed by atoms with Crippen LogP contribution in [0.3, 0.4) is 0 Å². The van der Waals surface area contributed by atoms with E-state index in [9.17, 15) is 39.3 Å². The third-order valence-electron chi connectivity index (χ3n) is 5.93. The molecular formula is C24H37N5O8. The Morgan fingerprint density at radius 3 is 1.97 bits per heavy atom. The van der Waals surface area contributed by atoms with Crippen molar-refractivity contribution in [2.75, 3.05) is 0 Å². The van der Waals surface area contributed by atoms with E-state index >= 15 is 0 Å². The monoisotopic (exact) mass is 523 g/mol. The molecule has 37 heavy (non-hydrogen) atoms. The number of aliphatic carboxylic acids is 1. The lowest BCUT2D eigenvalue weighted by Gasteiger charge is -2.27. The minimum atomic E-state index is -1.58. The van der Waals surface area contributed by atoms with Gasteiger partial charge in [0.15, 0.2) is 0 Å². The number of carboxylic acids is 1. The average Bonchev–Trinajstić information content (AvgIpc) is 2.83. The van der Waals surface area contributed by atoms with Crippen molar-refractivity contribution in [3.8, 4) is 5.75 Å². The topological polar surface area (TPSA) is 234 Å². The SMILES string of the molecule is CCC(C)C(N)C(=O)NC(Cc1ccc(O)cc1)C(=O)NC(C(=O)NC(CCC(N)=O)C(=O)O)C(C)O. The standard InChI is InChI=1S/C24H37N5O8/c1-4-12(2)19(26)22(34)28-17(11-14-5-7-15(31)8-6-14)21(33)29-20(13(3)30)23(35)27-16(24(36)37)9-10-18(25)32/h5-8,12-13,16-17,19-20,30-31H,4,9-11,26H2,1-3H3,(H2,25,32)(H,27,35)(H,28,34)(H,29,33)(H,36,37). The van der Waals surface area contributed by atoms with Crippen molar-refractivity contribution >= 4 is 29.6 Å². The molecule has 206 valence electrons. The predicted molar refractivity (Wildman–Crippen MR) is 133 cm³/mol. The van der Waals surface area contributed by atoms with E-state index in [4.69, 9.17) is 11.5 Å². The molecule has 4 amide bonds. The van der Waals surface area contributed by atoms with Gasteiger partial charge in [-0.05, 0) is 37.0 Å². The van der Waals surface area contributed by atoms with E-state index in [2.05, 4.69) is 16.0 Å². The Morgan fingerprint density at radius 1 is 0.919 bits per heavy atom. The number of primary amides is 1. The Bertz CT molecular complexity index is 953. The van der Waals surface area contributed by atoms with Gasteiger partial charge in [0.05, 0.1) is 12.1 Å². The van der Waals surface area contributed by atoms with E-state index in [0.717, 1.165) is 0 Å². The fourth-order valence-electron chi connectivity index (χ4n) is 3.32. The van der Waals surface area contributed by atoms with Crippen LogP contribution < -0.4 is 27.4 Å². The van der Waals surface area contributed by atoms with Gasteiger partial charge in [-0.15, -0.1) is 0 Å². The summed E-state index contributed by atoms with van der Waals surface area (Å²) in [5.74, 6) is -4.80. The Labute approximate surface area is 215 Å². The number of rotatable bonds is 15. The summed E-state index contributed by atoms with van der Waals surface area (Å²) < 4.78 is 0. The van der Waals surface area contributed by atoms with Crippen molar-refractivity contribution in [1.29, 1.82) is 0 Å². The molecule has 0 bridgehead atoms. The van der Waals surface area contributed by atoms with Crippen LogP contribution in [0, 0.1) is 5.92 Å². The Morgan fingerprint density at radius 2 is 1.49 bits per heavy atom. The van der Waals surface area contributed by atoms with E-state index in [-0.39, 0.29) is 30.9 Å². The number of amides is 4. The predicted octanol–water partition coefficient (Wildman–Crippen LogP) is -1.51. The Kier molecular flexibility index (Phi) is 12.5. The van der Waals surface area contributed by atoms with Gasteiger partial charge in [-0.3, -0.25) is 19.2 Å². The highest BCUT2D eigenvalue weighted by atomic mass is 16.4. The van der Waals surface area contributed by atoms with E-state index < -0.39 is 59.9 Å². The molecule has 10 N–H and O–H groups in total. The number of nitrogens with two attached hydrogens (primary N) is 2. The molecule has 0 radical (unpaired) electrons. The number of hydrogen-bond acceptors (Lipinski definition) is 8. The van der Waals surface area contributed by atoms with Gasteiger partial charge in [0, 0.05) is 12.8 Å². The summed E-state index contributed by atoms with van der Waals surface area (Å²) in [5, 5.41) is 36.1. The number of carboxylic acid groups (broad SMARTS) is 1. The van der Waals surface area contributed by atoms with E-state index in [1.807, 2.05) is 6.92 Å². The number of carbonyl (C=O) groups excluding carboxylic acids is 4. The van der Waals surface area contributed by atoms with Gasteiger partial charge < -0.3 is 42.7 Å². The molecule has 0 saturated heterocycles. The maximum absolute atomic E-state index is 13.2. The first-order chi connectivity index (χ1) is 17.3. The molecule has 0 heterocycles. The normalized spacial score (nSPS) is 15.8. The Balaban J connectivity index is 3.11. The molecule has 13 nitrogen and oxygen atoms in total. The molecule has 1 aromatic rings. The molecule has 0 saturated carbocycles. The van der Waals surface area contributed by atoms with Crippen LogP contribution in [0.15, 0.2) is 24.3 Å². The van der Waals surface area contributed by atoms with Crippen molar-refractivity contribution < 1.29 is 39.3 Å². The highest BCUT2D eigenvalue weighted by molar-refractivity contribution is 5.94. The summed E-state index contributed by atoms with van der Waals surface area (Å²) in [6.45, 7) is 4.86. The number of aliphatic hydroxyl groups excluding tert-OH is 1. The molecule has 0 aromatic heterocycles. The number of carbonyl (C=O) groups is 5. The molecule has 6 atom stereocenters. The average molecular weight is 524 g/mol. The number of benzene rings is 1. The zero-order valence-corrected chi connectivity index (χ0v) is 21.1. The second-order valence-corrected chi connectivity index (χ2v) is 8.97. The summed E-state index contributed by atoms with van der Waals surface area (Å²) in [6.07, 6.45) is -1.45. The molecule has 1 rings (SSSR count). The van der Waals surface area contributed by atoms with Crippen LogP contribution in [0.4, 0.5) is 0 Å². The van der Waals surface area contributed by atoms with Crippen molar-refractivity contribution in [3.63, 3.8) is 0 Å².